The van der Waals surface area contributed by atoms with Gasteiger partial charge < -0.3 is 0 Å². The molecule has 0 atom stereocenters. The van der Waals surface area contributed by atoms with E-state index in [4.69, 9.17) is 0 Å². The van der Waals surface area contributed by atoms with E-state index in [1.807, 2.05) is 0 Å². The standard InChI is InChI=1S/C27H38F2/c1-19-2-10-22(11-3-19)23-12-6-20(7-13-23)4-5-21-8-14-24(15-9-21)25-16-17-26(28)27(29)18-25/h4-5,16-24H,2-3,6-15H2,1H3. The Bertz CT molecular complexity index is 670. The molecule has 3 aliphatic carbocycles. The Morgan fingerprint density at radius 2 is 1.17 bits per heavy atom. The van der Waals surface area contributed by atoms with Gasteiger partial charge in [-0.05, 0) is 117 Å². The number of rotatable bonds is 4. The second-order valence-corrected chi connectivity index (χ2v) is 10.4. The maximum Gasteiger partial charge on any atom is 0.159 e. The fourth-order valence-corrected chi connectivity index (χ4v) is 6.29. The minimum absolute atomic E-state index is 0.392. The van der Waals surface area contributed by atoms with E-state index < -0.39 is 11.6 Å². The van der Waals surface area contributed by atoms with Crippen molar-refractivity contribution in [2.75, 3.05) is 0 Å². The smallest absolute Gasteiger partial charge is 0.159 e. The third-order valence-corrected chi connectivity index (χ3v) is 8.39. The predicted octanol–water partition coefficient (Wildman–Crippen LogP) is 8.43. The van der Waals surface area contributed by atoms with Gasteiger partial charge in [0.25, 0.3) is 0 Å². The molecule has 0 nitrogen and oxygen atoms in total. The minimum Gasteiger partial charge on any atom is -0.204 e. The fraction of sp³-hybridized carbons (Fsp3) is 0.704. The topological polar surface area (TPSA) is 0 Å². The Morgan fingerprint density at radius 1 is 0.655 bits per heavy atom. The number of hydrogen-bond donors (Lipinski definition) is 0. The Labute approximate surface area is 176 Å². The van der Waals surface area contributed by atoms with Gasteiger partial charge in [0.05, 0.1) is 0 Å². The molecule has 160 valence electrons. The predicted molar refractivity (Wildman–Crippen MR) is 117 cm³/mol. The van der Waals surface area contributed by atoms with Crippen molar-refractivity contribution in [3.05, 3.63) is 47.5 Å². The van der Waals surface area contributed by atoms with E-state index in [1.165, 1.54) is 76.3 Å². The minimum atomic E-state index is -0.738. The van der Waals surface area contributed by atoms with Crippen LogP contribution in [0.3, 0.4) is 0 Å². The first-order chi connectivity index (χ1) is 14.1. The van der Waals surface area contributed by atoms with Gasteiger partial charge >= 0.3 is 0 Å². The normalized spacial score (nSPS) is 36.4. The van der Waals surface area contributed by atoms with Gasteiger partial charge in [-0.1, -0.05) is 38.0 Å². The maximum atomic E-state index is 13.5. The highest BCUT2D eigenvalue weighted by atomic mass is 19.2. The van der Waals surface area contributed by atoms with Gasteiger partial charge in [0.2, 0.25) is 0 Å². The third kappa shape index (κ3) is 5.50. The Kier molecular flexibility index (Phi) is 7.08. The molecule has 4 rings (SSSR count). The lowest BCUT2D eigenvalue weighted by Crippen LogP contribution is -2.24. The van der Waals surface area contributed by atoms with Crippen LogP contribution in [0.5, 0.6) is 0 Å². The highest BCUT2D eigenvalue weighted by molar-refractivity contribution is 5.22. The molecule has 2 heteroatoms. The SMILES string of the molecule is CC1CCC(C2CCC(C=CC3CCC(c4ccc(F)c(F)c4)CC3)CC2)CC1. The van der Waals surface area contributed by atoms with Crippen molar-refractivity contribution in [2.45, 2.75) is 89.9 Å². The van der Waals surface area contributed by atoms with E-state index in [2.05, 4.69) is 19.1 Å². The zero-order chi connectivity index (χ0) is 20.2. The molecule has 1 aromatic rings. The molecule has 0 unspecified atom stereocenters. The zero-order valence-corrected chi connectivity index (χ0v) is 18.1. The molecule has 0 N–H and O–H groups in total. The molecule has 0 aromatic heterocycles. The average Bonchev–Trinajstić information content (AvgIpc) is 2.76. The summed E-state index contributed by atoms with van der Waals surface area (Å²) in [4.78, 5) is 0. The molecule has 0 bridgehead atoms. The summed E-state index contributed by atoms with van der Waals surface area (Å²) in [5.74, 6) is 3.39. The quantitative estimate of drug-likeness (QED) is 0.445. The van der Waals surface area contributed by atoms with Crippen LogP contribution < -0.4 is 0 Å². The number of halogens is 2. The first-order valence-electron chi connectivity index (χ1n) is 12.2. The van der Waals surface area contributed by atoms with Crippen molar-refractivity contribution in [1.29, 1.82) is 0 Å². The van der Waals surface area contributed by atoms with Crippen molar-refractivity contribution < 1.29 is 8.78 Å². The van der Waals surface area contributed by atoms with Gasteiger partial charge in [-0.2, -0.15) is 0 Å². The van der Waals surface area contributed by atoms with Crippen LogP contribution >= 0.6 is 0 Å². The summed E-state index contributed by atoms with van der Waals surface area (Å²) < 4.78 is 26.7. The summed E-state index contributed by atoms with van der Waals surface area (Å²) in [6.07, 6.45) is 21.1. The number of benzene rings is 1. The molecule has 0 amide bonds. The van der Waals surface area contributed by atoms with Gasteiger partial charge in [0, 0.05) is 0 Å². The zero-order valence-electron chi connectivity index (χ0n) is 18.1. The molecule has 1 aromatic carbocycles. The molecule has 29 heavy (non-hydrogen) atoms. The van der Waals surface area contributed by atoms with Crippen LogP contribution in [-0.2, 0) is 0 Å². The first-order valence-corrected chi connectivity index (χ1v) is 12.2. The summed E-state index contributed by atoms with van der Waals surface area (Å²) in [5, 5.41) is 0. The lowest BCUT2D eigenvalue weighted by atomic mass is 9.69. The highest BCUT2D eigenvalue weighted by Crippen LogP contribution is 2.42. The Hall–Kier alpha value is -1.18. The molecule has 3 saturated carbocycles. The van der Waals surface area contributed by atoms with Crippen LogP contribution in [0.1, 0.15) is 95.5 Å². The van der Waals surface area contributed by atoms with Crippen LogP contribution in [0.25, 0.3) is 0 Å². The fourth-order valence-electron chi connectivity index (χ4n) is 6.29. The Balaban J connectivity index is 1.19. The maximum absolute atomic E-state index is 13.5. The van der Waals surface area contributed by atoms with E-state index in [1.54, 1.807) is 6.07 Å². The molecule has 0 radical (unpaired) electrons. The van der Waals surface area contributed by atoms with Gasteiger partial charge in [-0.15, -0.1) is 0 Å². The van der Waals surface area contributed by atoms with E-state index in [0.717, 1.165) is 42.1 Å². The average molecular weight is 401 g/mol. The molecule has 0 heterocycles. The van der Waals surface area contributed by atoms with Crippen LogP contribution in [0.2, 0.25) is 0 Å². The monoisotopic (exact) mass is 400 g/mol. The van der Waals surface area contributed by atoms with Crippen LogP contribution in [0.15, 0.2) is 30.4 Å². The third-order valence-electron chi connectivity index (χ3n) is 8.39. The van der Waals surface area contributed by atoms with Crippen molar-refractivity contribution in [1.82, 2.24) is 0 Å². The van der Waals surface area contributed by atoms with Crippen molar-refractivity contribution in [2.24, 2.45) is 29.6 Å². The van der Waals surface area contributed by atoms with E-state index in [9.17, 15) is 8.78 Å². The molecular formula is C27H38F2. The van der Waals surface area contributed by atoms with Crippen LogP contribution in [-0.4, -0.2) is 0 Å². The van der Waals surface area contributed by atoms with Gasteiger partial charge in [0.1, 0.15) is 0 Å². The Morgan fingerprint density at radius 3 is 1.72 bits per heavy atom. The highest BCUT2D eigenvalue weighted by Gasteiger charge is 2.29. The molecular weight excluding hydrogens is 362 g/mol. The number of hydrogen-bond acceptors (Lipinski definition) is 0. The number of allylic oxidation sites excluding steroid dienone is 2. The van der Waals surface area contributed by atoms with E-state index in [0.29, 0.717) is 11.8 Å². The van der Waals surface area contributed by atoms with E-state index in [-0.39, 0.29) is 0 Å². The largest absolute Gasteiger partial charge is 0.204 e. The molecule has 0 aliphatic heterocycles. The van der Waals surface area contributed by atoms with Gasteiger partial charge in [-0.3, -0.25) is 0 Å². The van der Waals surface area contributed by atoms with Crippen LogP contribution in [0.4, 0.5) is 8.78 Å². The summed E-state index contributed by atoms with van der Waals surface area (Å²) in [5.41, 5.74) is 0.974. The van der Waals surface area contributed by atoms with Crippen LogP contribution in [0, 0.1) is 41.2 Å². The van der Waals surface area contributed by atoms with Crippen molar-refractivity contribution in [3.63, 3.8) is 0 Å². The van der Waals surface area contributed by atoms with Crippen molar-refractivity contribution >= 4 is 0 Å². The molecule has 3 fully saturated rings. The van der Waals surface area contributed by atoms with E-state index >= 15 is 0 Å². The van der Waals surface area contributed by atoms with Crippen molar-refractivity contribution in [3.8, 4) is 0 Å². The summed E-state index contributed by atoms with van der Waals surface area (Å²) >= 11 is 0. The van der Waals surface area contributed by atoms with Gasteiger partial charge in [-0.25, -0.2) is 8.78 Å². The first kappa shape index (κ1) is 21.1. The molecule has 0 saturated heterocycles. The lowest BCUT2D eigenvalue weighted by Gasteiger charge is -2.36. The summed E-state index contributed by atoms with van der Waals surface area (Å²) in [6, 6.07) is 4.45. The summed E-state index contributed by atoms with van der Waals surface area (Å²) in [6.45, 7) is 2.42. The molecule has 3 aliphatic rings. The summed E-state index contributed by atoms with van der Waals surface area (Å²) in [7, 11) is 0. The second-order valence-electron chi connectivity index (χ2n) is 10.4. The molecule has 0 spiro atoms. The second kappa shape index (κ2) is 9.75. The lowest BCUT2D eigenvalue weighted by molar-refractivity contribution is 0.160. The van der Waals surface area contributed by atoms with Gasteiger partial charge in [0.15, 0.2) is 11.6 Å².